The second-order valence-electron chi connectivity index (χ2n) is 7.99. The highest BCUT2D eigenvalue weighted by atomic mass is 127. The topological polar surface area (TPSA) is 105 Å². The number of carboxylic acid groups (broad SMARTS) is 1. The lowest BCUT2D eigenvalue weighted by atomic mass is 10.1. The Balaban J connectivity index is 1.66. The van der Waals surface area contributed by atoms with E-state index in [1.165, 1.54) is 30.3 Å². The molecule has 0 aromatic heterocycles. The molecule has 0 unspecified atom stereocenters. The van der Waals surface area contributed by atoms with Crippen LogP contribution >= 0.6 is 46.4 Å². The Labute approximate surface area is 242 Å². The van der Waals surface area contributed by atoms with Crippen LogP contribution in [0.2, 0.25) is 5.02 Å². The summed E-state index contributed by atoms with van der Waals surface area (Å²) in [6.45, 7) is 2.49. The van der Waals surface area contributed by atoms with E-state index in [4.69, 9.17) is 33.3 Å². The van der Waals surface area contributed by atoms with Gasteiger partial charge in [-0.3, -0.25) is 19.8 Å². The number of carbonyl (C=O) groups is 3. The molecule has 1 aliphatic rings. The summed E-state index contributed by atoms with van der Waals surface area (Å²) >= 11 is 13.3. The predicted molar refractivity (Wildman–Crippen MR) is 156 cm³/mol. The molecular formula is C27H20ClIN2O6S. The normalized spacial score (nSPS) is 14.4. The summed E-state index contributed by atoms with van der Waals surface area (Å²) in [5, 5.41) is 12.3. The van der Waals surface area contributed by atoms with Gasteiger partial charge in [0.2, 0.25) is 0 Å². The predicted octanol–water partition coefficient (Wildman–Crippen LogP) is 5.45. The third kappa shape index (κ3) is 6.14. The Hall–Kier alpha value is -3.48. The van der Waals surface area contributed by atoms with E-state index in [1.807, 2.05) is 19.1 Å². The third-order valence-corrected chi connectivity index (χ3v) is 6.73. The van der Waals surface area contributed by atoms with Gasteiger partial charge in [-0.2, -0.15) is 0 Å². The monoisotopic (exact) mass is 662 g/mol. The van der Waals surface area contributed by atoms with E-state index in [0.717, 1.165) is 10.5 Å². The maximum Gasteiger partial charge on any atom is 0.335 e. The number of halogens is 2. The molecule has 0 spiro atoms. The zero-order chi connectivity index (χ0) is 27.4. The number of benzene rings is 3. The first-order chi connectivity index (χ1) is 18.2. The third-order valence-electron chi connectivity index (χ3n) is 5.39. The van der Waals surface area contributed by atoms with Crippen molar-refractivity contribution >= 4 is 81.1 Å². The molecule has 38 heavy (non-hydrogen) atoms. The van der Waals surface area contributed by atoms with E-state index in [-0.39, 0.29) is 28.5 Å². The molecule has 0 atom stereocenters. The maximum atomic E-state index is 13.4. The zero-order valence-electron chi connectivity index (χ0n) is 19.9. The molecule has 1 aliphatic heterocycles. The van der Waals surface area contributed by atoms with Crippen LogP contribution < -0.4 is 19.7 Å². The van der Waals surface area contributed by atoms with E-state index >= 15 is 0 Å². The number of carbonyl (C=O) groups excluding carboxylic acids is 2. The van der Waals surface area contributed by atoms with Crippen LogP contribution in [0.25, 0.3) is 6.08 Å². The molecule has 2 amide bonds. The van der Waals surface area contributed by atoms with Crippen molar-refractivity contribution in [1.29, 1.82) is 0 Å². The summed E-state index contributed by atoms with van der Waals surface area (Å²) in [6, 6.07) is 16.5. The largest absolute Gasteiger partial charge is 0.490 e. The summed E-state index contributed by atoms with van der Waals surface area (Å²) in [6.07, 6.45) is 1.43. The average molecular weight is 663 g/mol. The smallest absolute Gasteiger partial charge is 0.335 e. The molecule has 1 fully saturated rings. The molecule has 3 aromatic rings. The summed E-state index contributed by atoms with van der Waals surface area (Å²) in [4.78, 5) is 38.6. The Kier molecular flexibility index (Phi) is 8.65. The van der Waals surface area contributed by atoms with Gasteiger partial charge < -0.3 is 14.6 Å². The van der Waals surface area contributed by atoms with Crippen LogP contribution in [-0.4, -0.2) is 34.6 Å². The molecule has 0 bridgehead atoms. The summed E-state index contributed by atoms with van der Waals surface area (Å²) in [5.41, 5.74) is 1.48. The number of hydrogen-bond acceptors (Lipinski definition) is 6. The van der Waals surface area contributed by atoms with Crippen molar-refractivity contribution in [1.82, 2.24) is 5.32 Å². The maximum absolute atomic E-state index is 13.4. The van der Waals surface area contributed by atoms with Crippen molar-refractivity contribution in [3.05, 3.63) is 91.5 Å². The fourth-order valence-corrected chi connectivity index (χ4v) is 4.84. The minimum absolute atomic E-state index is 0.0226. The number of ether oxygens (including phenoxy) is 2. The van der Waals surface area contributed by atoms with E-state index in [9.17, 15) is 19.5 Å². The van der Waals surface area contributed by atoms with Gasteiger partial charge in [0, 0.05) is 5.02 Å². The highest BCUT2D eigenvalue weighted by molar-refractivity contribution is 14.1. The Bertz CT molecular complexity index is 1470. The number of thiocarbonyl (C=S) groups is 1. The van der Waals surface area contributed by atoms with Crippen molar-refractivity contribution in [2.24, 2.45) is 0 Å². The molecular weight excluding hydrogens is 643 g/mol. The average Bonchev–Trinajstić information content (AvgIpc) is 2.87. The molecule has 1 heterocycles. The lowest BCUT2D eigenvalue weighted by Crippen LogP contribution is -2.54. The number of amides is 2. The molecule has 1 saturated heterocycles. The molecule has 0 saturated carbocycles. The number of hydrogen-bond donors (Lipinski definition) is 2. The summed E-state index contributed by atoms with van der Waals surface area (Å²) in [7, 11) is 0. The molecule has 194 valence electrons. The lowest BCUT2D eigenvalue weighted by molar-refractivity contribution is -0.122. The second kappa shape index (κ2) is 11.9. The van der Waals surface area contributed by atoms with E-state index in [1.54, 1.807) is 24.3 Å². The first-order valence-corrected chi connectivity index (χ1v) is 13.1. The fraction of sp³-hybridized carbons (Fsp3) is 0.111. The van der Waals surface area contributed by atoms with Gasteiger partial charge in [0.05, 0.1) is 21.4 Å². The van der Waals surface area contributed by atoms with Crippen LogP contribution in [-0.2, 0) is 16.2 Å². The van der Waals surface area contributed by atoms with Crippen LogP contribution in [0, 0.1) is 3.57 Å². The van der Waals surface area contributed by atoms with E-state index in [2.05, 4.69) is 27.9 Å². The van der Waals surface area contributed by atoms with Crippen molar-refractivity contribution in [3.8, 4) is 11.5 Å². The van der Waals surface area contributed by atoms with E-state index < -0.39 is 17.8 Å². The fourth-order valence-electron chi connectivity index (χ4n) is 3.65. The highest BCUT2D eigenvalue weighted by Gasteiger charge is 2.35. The van der Waals surface area contributed by atoms with Crippen molar-refractivity contribution < 1.29 is 29.0 Å². The molecule has 0 aliphatic carbocycles. The van der Waals surface area contributed by atoms with Gasteiger partial charge in [-0.05, 0) is 101 Å². The molecule has 8 nitrogen and oxygen atoms in total. The van der Waals surface area contributed by atoms with Gasteiger partial charge >= 0.3 is 5.97 Å². The van der Waals surface area contributed by atoms with Gasteiger partial charge in [0.15, 0.2) is 16.6 Å². The summed E-state index contributed by atoms with van der Waals surface area (Å²) in [5.74, 6) is -1.53. The Morgan fingerprint density at radius 2 is 1.87 bits per heavy atom. The van der Waals surface area contributed by atoms with Gasteiger partial charge in [0.1, 0.15) is 12.2 Å². The van der Waals surface area contributed by atoms with Gasteiger partial charge in [-0.15, -0.1) is 0 Å². The van der Waals surface area contributed by atoms with Crippen LogP contribution in [0.1, 0.15) is 28.4 Å². The number of nitrogens with zero attached hydrogens (tertiary/aromatic N) is 1. The van der Waals surface area contributed by atoms with Crippen molar-refractivity contribution in [2.45, 2.75) is 13.5 Å². The molecule has 4 rings (SSSR count). The minimum Gasteiger partial charge on any atom is -0.490 e. The van der Waals surface area contributed by atoms with Gasteiger partial charge in [-0.1, -0.05) is 29.8 Å². The second-order valence-corrected chi connectivity index (χ2v) is 9.98. The highest BCUT2D eigenvalue weighted by Crippen LogP contribution is 2.36. The molecule has 0 radical (unpaired) electrons. The van der Waals surface area contributed by atoms with Crippen LogP contribution in [0.15, 0.2) is 66.2 Å². The number of nitrogens with one attached hydrogen (secondary N) is 1. The Morgan fingerprint density at radius 3 is 2.55 bits per heavy atom. The van der Waals surface area contributed by atoms with Gasteiger partial charge in [0.25, 0.3) is 11.8 Å². The number of rotatable bonds is 8. The number of aromatic carboxylic acids is 1. The first kappa shape index (κ1) is 27.6. The molecule has 11 heteroatoms. The van der Waals surface area contributed by atoms with Crippen molar-refractivity contribution in [2.75, 3.05) is 11.5 Å². The Morgan fingerprint density at radius 1 is 1.13 bits per heavy atom. The lowest BCUT2D eigenvalue weighted by Gasteiger charge is -2.29. The standard InChI is InChI=1S/C27H20ClIN2O6S/c1-2-36-22-12-16(11-21(29)23(22)37-14-15-6-8-18(28)9-7-15)10-20-24(32)30-27(38)31(25(20)33)19-5-3-4-17(13-19)26(34)35/h3-13H,2,14H2,1H3,(H,34,35)(H,30,32,38). The van der Waals surface area contributed by atoms with E-state index in [0.29, 0.717) is 32.3 Å². The van der Waals surface area contributed by atoms with Gasteiger partial charge in [-0.25, -0.2) is 4.79 Å². The first-order valence-electron chi connectivity index (χ1n) is 11.3. The number of anilines is 1. The van der Waals surface area contributed by atoms with Crippen LogP contribution in [0.4, 0.5) is 5.69 Å². The zero-order valence-corrected chi connectivity index (χ0v) is 23.6. The van der Waals surface area contributed by atoms with Crippen molar-refractivity contribution in [3.63, 3.8) is 0 Å². The van der Waals surface area contributed by atoms with Crippen LogP contribution in [0.5, 0.6) is 11.5 Å². The summed E-state index contributed by atoms with van der Waals surface area (Å²) < 4.78 is 12.5. The minimum atomic E-state index is -1.15. The quantitative estimate of drug-likeness (QED) is 0.143. The molecule has 3 aromatic carbocycles. The number of carboxylic acids is 1. The SMILES string of the molecule is CCOc1cc(C=C2C(=O)NC(=S)N(c3cccc(C(=O)O)c3)C2=O)cc(I)c1OCc1ccc(Cl)cc1. The molecule has 2 N–H and O–H groups in total. The van der Waals surface area contributed by atoms with Crippen LogP contribution in [0.3, 0.4) is 0 Å².